The molecule has 0 saturated heterocycles. The summed E-state index contributed by atoms with van der Waals surface area (Å²) in [6.07, 6.45) is 5.68. The summed E-state index contributed by atoms with van der Waals surface area (Å²) in [6, 6.07) is 18.7. The van der Waals surface area contributed by atoms with Gasteiger partial charge in [-0.05, 0) is 84.2 Å². The molecule has 1 aliphatic rings. The number of nitrogens with zero attached hydrogens (tertiary/aromatic N) is 2. The van der Waals surface area contributed by atoms with Crippen LogP contribution >= 0.6 is 0 Å². The number of rotatable bonds is 7. The van der Waals surface area contributed by atoms with Crippen LogP contribution in [0.25, 0.3) is 0 Å². The van der Waals surface area contributed by atoms with Gasteiger partial charge in [-0.2, -0.15) is 0 Å². The SMILES string of the molecule is CCc1ccc(CN(C(=O)C2CCCc3ccc(OC)cc32)c2ccc(C(C)C)cc2)cn1. The van der Waals surface area contributed by atoms with Crippen LogP contribution in [0.2, 0.25) is 0 Å². The van der Waals surface area contributed by atoms with Gasteiger partial charge >= 0.3 is 0 Å². The first kappa shape index (κ1) is 23.0. The van der Waals surface area contributed by atoms with Gasteiger partial charge in [0.2, 0.25) is 5.91 Å². The molecule has 0 aliphatic heterocycles. The van der Waals surface area contributed by atoms with Crippen molar-refractivity contribution in [1.82, 2.24) is 4.98 Å². The van der Waals surface area contributed by atoms with E-state index in [4.69, 9.17) is 4.74 Å². The maximum Gasteiger partial charge on any atom is 0.234 e. The highest BCUT2D eigenvalue weighted by Crippen LogP contribution is 2.37. The second-order valence-corrected chi connectivity index (χ2v) is 9.19. The van der Waals surface area contributed by atoms with Crippen LogP contribution in [0.3, 0.4) is 0 Å². The number of carbonyl (C=O) groups is 1. The van der Waals surface area contributed by atoms with E-state index in [1.165, 1.54) is 11.1 Å². The second-order valence-electron chi connectivity index (χ2n) is 9.19. The lowest BCUT2D eigenvalue weighted by atomic mass is 9.81. The zero-order chi connectivity index (χ0) is 23.4. The summed E-state index contributed by atoms with van der Waals surface area (Å²) in [4.78, 5) is 20.6. The summed E-state index contributed by atoms with van der Waals surface area (Å²) < 4.78 is 5.47. The van der Waals surface area contributed by atoms with Crippen LogP contribution in [-0.4, -0.2) is 18.0 Å². The highest BCUT2D eigenvalue weighted by molar-refractivity contribution is 5.98. The summed E-state index contributed by atoms with van der Waals surface area (Å²) in [5, 5.41) is 0. The van der Waals surface area contributed by atoms with E-state index in [2.05, 4.69) is 74.3 Å². The van der Waals surface area contributed by atoms with Crippen molar-refractivity contribution in [2.24, 2.45) is 0 Å². The number of hydrogen-bond donors (Lipinski definition) is 0. The standard InChI is InChI=1S/C29H34N2O2/c1-5-24-13-9-21(18-30-24)19-31(25-14-10-22(11-15-25)20(2)3)29(32)27-8-6-7-23-12-16-26(33-4)17-28(23)27/h9-18,20,27H,5-8,19H2,1-4H3. The lowest BCUT2D eigenvalue weighted by molar-refractivity contribution is -0.120. The number of ether oxygens (including phenoxy) is 1. The van der Waals surface area contributed by atoms with E-state index in [-0.39, 0.29) is 11.8 Å². The van der Waals surface area contributed by atoms with Gasteiger partial charge in [-0.3, -0.25) is 9.78 Å². The van der Waals surface area contributed by atoms with Gasteiger partial charge in [-0.1, -0.05) is 45.0 Å². The Labute approximate surface area is 197 Å². The fraction of sp³-hybridized carbons (Fsp3) is 0.379. The predicted molar refractivity (Wildman–Crippen MR) is 134 cm³/mol. The van der Waals surface area contributed by atoms with Gasteiger partial charge in [0.25, 0.3) is 0 Å². The predicted octanol–water partition coefficient (Wildman–Crippen LogP) is 6.43. The Morgan fingerprint density at radius 1 is 1.12 bits per heavy atom. The number of carbonyl (C=O) groups excluding carboxylic acids is 1. The lowest BCUT2D eigenvalue weighted by Gasteiger charge is -2.31. The van der Waals surface area contributed by atoms with E-state index < -0.39 is 0 Å². The van der Waals surface area contributed by atoms with Crippen molar-refractivity contribution in [3.8, 4) is 5.75 Å². The normalized spacial score (nSPS) is 15.2. The molecule has 4 heteroatoms. The molecule has 0 spiro atoms. The van der Waals surface area contributed by atoms with Gasteiger partial charge in [0.15, 0.2) is 0 Å². The Balaban J connectivity index is 1.70. The Hall–Kier alpha value is -3.14. The largest absolute Gasteiger partial charge is 0.497 e. The lowest BCUT2D eigenvalue weighted by Crippen LogP contribution is -2.36. The number of aromatic nitrogens is 1. The van der Waals surface area contributed by atoms with Crippen LogP contribution in [0.4, 0.5) is 5.69 Å². The van der Waals surface area contributed by atoms with E-state index >= 15 is 0 Å². The average molecular weight is 443 g/mol. The molecule has 0 N–H and O–H groups in total. The first-order chi connectivity index (χ1) is 16.0. The van der Waals surface area contributed by atoms with Crippen molar-refractivity contribution in [3.63, 3.8) is 0 Å². The van der Waals surface area contributed by atoms with Crippen molar-refractivity contribution in [1.29, 1.82) is 0 Å². The molecule has 0 radical (unpaired) electrons. The second kappa shape index (κ2) is 10.2. The van der Waals surface area contributed by atoms with Gasteiger partial charge < -0.3 is 9.64 Å². The monoisotopic (exact) mass is 442 g/mol. The maximum absolute atomic E-state index is 14.1. The van der Waals surface area contributed by atoms with E-state index in [0.717, 1.165) is 53.9 Å². The molecule has 1 amide bonds. The van der Waals surface area contributed by atoms with E-state index in [1.54, 1.807) is 7.11 Å². The molecule has 0 saturated carbocycles. The van der Waals surface area contributed by atoms with E-state index in [9.17, 15) is 4.79 Å². The number of methoxy groups -OCH3 is 1. The summed E-state index contributed by atoms with van der Waals surface area (Å²) >= 11 is 0. The number of hydrogen-bond acceptors (Lipinski definition) is 3. The highest BCUT2D eigenvalue weighted by Gasteiger charge is 2.31. The van der Waals surface area contributed by atoms with Crippen molar-refractivity contribution >= 4 is 11.6 Å². The van der Waals surface area contributed by atoms with Gasteiger partial charge in [0.05, 0.1) is 19.6 Å². The molecule has 33 heavy (non-hydrogen) atoms. The maximum atomic E-state index is 14.1. The smallest absolute Gasteiger partial charge is 0.234 e. The molecule has 1 aliphatic carbocycles. The minimum Gasteiger partial charge on any atom is -0.497 e. The minimum atomic E-state index is -0.170. The Morgan fingerprint density at radius 3 is 2.55 bits per heavy atom. The number of anilines is 1. The van der Waals surface area contributed by atoms with Gasteiger partial charge in [0, 0.05) is 17.6 Å². The molecule has 0 bridgehead atoms. The van der Waals surface area contributed by atoms with Crippen LogP contribution in [0, 0.1) is 0 Å². The zero-order valence-electron chi connectivity index (χ0n) is 20.2. The molecular formula is C29H34N2O2. The first-order valence-electron chi connectivity index (χ1n) is 12.0. The van der Waals surface area contributed by atoms with Crippen LogP contribution in [0.15, 0.2) is 60.8 Å². The Kier molecular flexibility index (Phi) is 7.12. The third-order valence-electron chi connectivity index (χ3n) is 6.69. The molecule has 0 fully saturated rings. The fourth-order valence-corrected chi connectivity index (χ4v) is 4.62. The number of fused-ring (bicyclic) bond motifs is 1. The zero-order valence-corrected chi connectivity index (χ0v) is 20.2. The number of aryl methyl sites for hydroxylation is 2. The van der Waals surface area contributed by atoms with Crippen LogP contribution < -0.4 is 9.64 Å². The van der Waals surface area contributed by atoms with E-state index in [1.807, 2.05) is 17.2 Å². The molecule has 4 nitrogen and oxygen atoms in total. The van der Waals surface area contributed by atoms with Gasteiger partial charge in [0.1, 0.15) is 5.75 Å². The van der Waals surface area contributed by atoms with Gasteiger partial charge in [-0.25, -0.2) is 0 Å². The molecule has 2 aromatic carbocycles. The molecule has 1 heterocycles. The highest BCUT2D eigenvalue weighted by atomic mass is 16.5. The third-order valence-corrected chi connectivity index (χ3v) is 6.69. The summed E-state index contributed by atoms with van der Waals surface area (Å²) in [5.74, 6) is 1.23. The van der Waals surface area contributed by atoms with Crippen molar-refractivity contribution in [2.75, 3.05) is 12.0 Å². The number of pyridine rings is 1. The minimum absolute atomic E-state index is 0.140. The first-order valence-corrected chi connectivity index (χ1v) is 12.0. The molecule has 1 unspecified atom stereocenters. The van der Waals surface area contributed by atoms with Gasteiger partial charge in [-0.15, -0.1) is 0 Å². The Bertz CT molecular complexity index is 1090. The Morgan fingerprint density at radius 2 is 1.91 bits per heavy atom. The van der Waals surface area contributed by atoms with Crippen LogP contribution in [-0.2, 0) is 24.2 Å². The summed E-state index contributed by atoms with van der Waals surface area (Å²) in [6.45, 7) is 6.98. The van der Waals surface area contributed by atoms with Crippen LogP contribution in [0.1, 0.15) is 73.4 Å². The quantitative estimate of drug-likeness (QED) is 0.423. The molecule has 1 aromatic heterocycles. The summed E-state index contributed by atoms with van der Waals surface area (Å²) in [7, 11) is 1.68. The number of benzene rings is 2. The van der Waals surface area contributed by atoms with Crippen molar-refractivity contribution < 1.29 is 9.53 Å². The molecule has 1 atom stereocenters. The average Bonchev–Trinajstić information content (AvgIpc) is 2.86. The van der Waals surface area contributed by atoms with Crippen molar-refractivity contribution in [2.45, 2.75) is 64.8 Å². The molecule has 172 valence electrons. The molecule has 4 rings (SSSR count). The molecular weight excluding hydrogens is 408 g/mol. The van der Waals surface area contributed by atoms with Crippen LogP contribution in [0.5, 0.6) is 5.75 Å². The summed E-state index contributed by atoms with van der Waals surface area (Å²) in [5.41, 5.74) is 6.66. The number of amides is 1. The van der Waals surface area contributed by atoms with E-state index in [0.29, 0.717) is 12.5 Å². The molecule has 3 aromatic rings. The van der Waals surface area contributed by atoms with Crippen molar-refractivity contribution in [3.05, 3.63) is 88.7 Å². The third kappa shape index (κ3) is 5.11. The topological polar surface area (TPSA) is 42.4 Å². The fourth-order valence-electron chi connectivity index (χ4n) is 4.62.